The van der Waals surface area contributed by atoms with Crippen molar-refractivity contribution in [2.24, 2.45) is 0 Å². The zero-order valence-corrected chi connectivity index (χ0v) is 14.0. The van der Waals surface area contributed by atoms with Crippen molar-refractivity contribution in [2.45, 2.75) is 38.3 Å². The highest BCUT2D eigenvalue weighted by Gasteiger charge is 2.27. The van der Waals surface area contributed by atoms with E-state index in [0.717, 1.165) is 43.5 Å². The van der Waals surface area contributed by atoms with Gasteiger partial charge in [0, 0.05) is 44.3 Å². The largest absolute Gasteiger partial charge is 0.496 e. The first-order valence-electron chi connectivity index (χ1n) is 8.66. The third-order valence-electron chi connectivity index (χ3n) is 5.07. The molecule has 1 aliphatic heterocycles. The van der Waals surface area contributed by atoms with E-state index in [4.69, 9.17) is 4.74 Å². The summed E-state index contributed by atoms with van der Waals surface area (Å²) in [6.07, 6.45) is 5.40. The summed E-state index contributed by atoms with van der Waals surface area (Å²) in [5.41, 5.74) is 1.01. The zero-order valence-electron chi connectivity index (χ0n) is 14.0. The van der Waals surface area contributed by atoms with Gasteiger partial charge in [-0.15, -0.1) is 0 Å². The van der Waals surface area contributed by atoms with Crippen LogP contribution in [0, 0.1) is 0 Å². The van der Waals surface area contributed by atoms with E-state index in [0.29, 0.717) is 6.54 Å². The minimum Gasteiger partial charge on any atom is -0.496 e. The van der Waals surface area contributed by atoms with Gasteiger partial charge in [-0.3, -0.25) is 4.90 Å². The SMILES string of the molecule is COc1ccccc1CNC(=O)N1CCN(C2CCCC2)CC1. The number of methoxy groups -OCH3 is 1. The topological polar surface area (TPSA) is 44.8 Å². The summed E-state index contributed by atoms with van der Waals surface area (Å²) in [5.74, 6) is 0.818. The van der Waals surface area contributed by atoms with E-state index in [1.165, 1.54) is 25.7 Å². The number of amides is 2. The molecular weight excluding hydrogens is 290 g/mol. The van der Waals surface area contributed by atoms with Crippen molar-refractivity contribution in [2.75, 3.05) is 33.3 Å². The number of benzene rings is 1. The maximum absolute atomic E-state index is 12.4. The third-order valence-corrected chi connectivity index (χ3v) is 5.07. The van der Waals surface area contributed by atoms with E-state index < -0.39 is 0 Å². The van der Waals surface area contributed by atoms with Gasteiger partial charge in [0.1, 0.15) is 5.75 Å². The Hall–Kier alpha value is -1.75. The van der Waals surface area contributed by atoms with Crippen molar-refractivity contribution in [3.63, 3.8) is 0 Å². The maximum atomic E-state index is 12.4. The highest BCUT2D eigenvalue weighted by Crippen LogP contribution is 2.24. The molecule has 23 heavy (non-hydrogen) atoms. The molecule has 5 heteroatoms. The number of para-hydroxylation sites is 1. The van der Waals surface area contributed by atoms with Crippen LogP contribution in [0.4, 0.5) is 4.79 Å². The van der Waals surface area contributed by atoms with Gasteiger partial charge in [-0.2, -0.15) is 0 Å². The second-order valence-corrected chi connectivity index (χ2v) is 6.43. The Bertz CT molecular complexity index is 521. The lowest BCUT2D eigenvalue weighted by Crippen LogP contribution is -2.53. The molecule has 0 bridgehead atoms. The fraction of sp³-hybridized carbons (Fsp3) is 0.611. The molecule has 126 valence electrons. The van der Waals surface area contributed by atoms with Crippen LogP contribution in [0.5, 0.6) is 5.75 Å². The van der Waals surface area contributed by atoms with E-state index in [1.807, 2.05) is 29.2 Å². The second kappa shape index (κ2) is 7.68. The fourth-order valence-electron chi connectivity index (χ4n) is 3.69. The predicted molar refractivity (Wildman–Crippen MR) is 90.6 cm³/mol. The number of carbonyl (C=O) groups is 1. The van der Waals surface area contributed by atoms with E-state index in [1.54, 1.807) is 7.11 Å². The van der Waals surface area contributed by atoms with E-state index in [2.05, 4.69) is 10.2 Å². The molecule has 1 saturated carbocycles. The lowest BCUT2D eigenvalue weighted by molar-refractivity contribution is 0.109. The highest BCUT2D eigenvalue weighted by atomic mass is 16.5. The van der Waals surface area contributed by atoms with Gasteiger partial charge in [0.25, 0.3) is 0 Å². The number of urea groups is 1. The van der Waals surface area contributed by atoms with Crippen LogP contribution in [0.25, 0.3) is 0 Å². The van der Waals surface area contributed by atoms with Crippen LogP contribution in [0.3, 0.4) is 0 Å². The Kier molecular flexibility index (Phi) is 5.39. The predicted octanol–water partition coefficient (Wildman–Crippen LogP) is 2.47. The summed E-state index contributed by atoms with van der Waals surface area (Å²) in [6.45, 7) is 4.17. The highest BCUT2D eigenvalue weighted by molar-refractivity contribution is 5.74. The van der Waals surface area contributed by atoms with Crippen LogP contribution >= 0.6 is 0 Å². The zero-order chi connectivity index (χ0) is 16.1. The number of carbonyl (C=O) groups excluding carboxylic acids is 1. The van der Waals surface area contributed by atoms with Gasteiger partial charge >= 0.3 is 6.03 Å². The maximum Gasteiger partial charge on any atom is 0.317 e. The number of hydrogen-bond donors (Lipinski definition) is 1. The Balaban J connectivity index is 1.46. The van der Waals surface area contributed by atoms with E-state index >= 15 is 0 Å². The first kappa shape index (κ1) is 16.1. The summed E-state index contributed by atoms with van der Waals surface area (Å²) in [5, 5.41) is 3.02. The third kappa shape index (κ3) is 3.96. The second-order valence-electron chi connectivity index (χ2n) is 6.43. The standard InChI is InChI=1S/C18H27N3O2/c1-23-17-9-5-2-6-15(17)14-19-18(22)21-12-10-20(11-13-21)16-7-3-4-8-16/h2,5-6,9,16H,3-4,7-8,10-14H2,1H3,(H,19,22). The van der Waals surface area contributed by atoms with Gasteiger partial charge in [0.2, 0.25) is 0 Å². The minimum atomic E-state index is 0.0296. The number of ether oxygens (including phenoxy) is 1. The lowest BCUT2D eigenvalue weighted by atomic mass is 10.2. The van der Waals surface area contributed by atoms with Crippen molar-refractivity contribution in [3.8, 4) is 5.75 Å². The molecule has 0 spiro atoms. The molecule has 3 rings (SSSR count). The van der Waals surface area contributed by atoms with Gasteiger partial charge in [-0.25, -0.2) is 4.79 Å². The average Bonchev–Trinajstić information content (AvgIpc) is 3.14. The molecule has 1 saturated heterocycles. The van der Waals surface area contributed by atoms with Crippen LogP contribution in [0.15, 0.2) is 24.3 Å². The normalized spacial score (nSPS) is 19.8. The van der Waals surface area contributed by atoms with Gasteiger partial charge in [-0.1, -0.05) is 31.0 Å². The number of nitrogens with zero attached hydrogens (tertiary/aromatic N) is 2. The molecule has 2 amide bonds. The minimum absolute atomic E-state index is 0.0296. The Morgan fingerprint density at radius 3 is 2.57 bits per heavy atom. The smallest absolute Gasteiger partial charge is 0.317 e. The molecule has 1 aliphatic carbocycles. The summed E-state index contributed by atoms with van der Waals surface area (Å²) < 4.78 is 5.32. The molecular formula is C18H27N3O2. The summed E-state index contributed by atoms with van der Waals surface area (Å²) in [6, 6.07) is 8.59. The molecule has 0 unspecified atom stereocenters. The number of hydrogen-bond acceptors (Lipinski definition) is 3. The van der Waals surface area contributed by atoms with Crippen molar-refractivity contribution >= 4 is 6.03 Å². The molecule has 1 aromatic rings. The lowest BCUT2D eigenvalue weighted by Gasteiger charge is -2.38. The van der Waals surface area contributed by atoms with Crippen molar-refractivity contribution in [1.29, 1.82) is 0 Å². The Morgan fingerprint density at radius 2 is 1.87 bits per heavy atom. The average molecular weight is 317 g/mol. The van der Waals surface area contributed by atoms with Gasteiger partial charge in [-0.05, 0) is 18.9 Å². The number of rotatable bonds is 4. The van der Waals surface area contributed by atoms with Gasteiger partial charge in [0.05, 0.1) is 7.11 Å². The number of nitrogens with one attached hydrogen (secondary N) is 1. The molecule has 5 nitrogen and oxygen atoms in total. The summed E-state index contributed by atoms with van der Waals surface area (Å²) >= 11 is 0. The molecule has 0 atom stereocenters. The van der Waals surface area contributed by atoms with Gasteiger partial charge < -0.3 is 15.0 Å². The first-order chi connectivity index (χ1) is 11.3. The Morgan fingerprint density at radius 1 is 1.17 bits per heavy atom. The van der Waals surface area contributed by atoms with Crippen LogP contribution in [0.2, 0.25) is 0 Å². The van der Waals surface area contributed by atoms with E-state index in [9.17, 15) is 4.79 Å². The summed E-state index contributed by atoms with van der Waals surface area (Å²) in [7, 11) is 1.66. The van der Waals surface area contributed by atoms with Gasteiger partial charge in [0.15, 0.2) is 0 Å². The fourth-order valence-corrected chi connectivity index (χ4v) is 3.69. The quantitative estimate of drug-likeness (QED) is 0.928. The van der Waals surface area contributed by atoms with Crippen molar-refractivity contribution in [1.82, 2.24) is 15.1 Å². The Labute approximate surface area is 138 Å². The molecule has 2 aliphatic rings. The molecule has 0 radical (unpaired) electrons. The van der Waals surface area contributed by atoms with Crippen molar-refractivity contribution in [3.05, 3.63) is 29.8 Å². The number of piperazine rings is 1. The van der Waals surface area contributed by atoms with E-state index in [-0.39, 0.29) is 6.03 Å². The van der Waals surface area contributed by atoms with Crippen LogP contribution in [0.1, 0.15) is 31.2 Å². The molecule has 1 N–H and O–H groups in total. The van der Waals surface area contributed by atoms with Crippen LogP contribution in [-0.2, 0) is 6.54 Å². The monoisotopic (exact) mass is 317 g/mol. The molecule has 1 heterocycles. The molecule has 0 aromatic heterocycles. The molecule has 2 fully saturated rings. The summed E-state index contributed by atoms with van der Waals surface area (Å²) in [4.78, 5) is 16.9. The molecule has 1 aromatic carbocycles. The van der Waals surface area contributed by atoms with Crippen molar-refractivity contribution < 1.29 is 9.53 Å². The first-order valence-corrected chi connectivity index (χ1v) is 8.66. The van der Waals surface area contributed by atoms with Crippen LogP contribution in [-0.4, -0.2) is 55.2 Å². The van der Waals surface area contributed by atoms with Crippen LogP contribution < -0.4 is 10.1 Å².